The van der Waals surface area contributed by atoms with Crippen molar-refractivity contribution in [2.75, 3.05) is 13.2 Å². The molecule has 32 heavy (non-hydrogen) atoms. The third-order valence-electron chi connectivity index (χ3n) is 5.88. The average molecular weight is 444 g/mol. The first-order chi connectivity index (χ1) is 15.3. The minimum absolute atomic E-state index is 0.0172. The number of nitrogens with one attached hydrogen (secondary N) is 2. The summed E-state index contributed by atoms with van der Waals surface area (Å²) in [5, 5.41) is 1.82. The van der Waals surface area contributed by atoms with Crippen LogP contribution in [0.1, 0.15) is 56.4 Å². The van der Waals surface area contributed by atoms with Gasteiger partial charge in [0.2, 0.25) is 5.91 Å². The van der Waals surface area contributed by atoms with Crippen molar-refractivity contribution in [2.24, 2.45) is 17.8 Å². The number of para-hydroxylation sites is 1. The highest BCUT2D eigenvalue weighted by atomic mass is 19.1. The number of hydrazine groups is 1. The van der Waals surface area contributed by atoms with E-state index < -0.39 is 30.3 Å². The number of alkyl halides is 1. The molecule has 1 aliphatic rings. The van der Waals surface area contributed by atoms with Crippen molar-refractivity contribution >= 4 is 34.3 Å². The number of amides is 2. The Bertz CT molecular complexity index is 967. The van der Waals surface area contributed by atoms with Crippen molar-refractivity contribution < 1.29 is 23.6 Å². The number of carbonyl (C=O) groups is 4. The molecule has 7 nitrogen and oxygen atoms in total. The van der Waals surface area contributed by atoms with E-state index in [-0.39, 0.29) is 30.4 Å². The van der Waals surface area contributed by atoms with Crippen LogP contribution in [0, 0.1) is 17.8 Å². The predicted molar refractivity (Wildman–Crippen MR) is 118 cm³/mol. The van der Waals surface area contributed by atoms with E-state index in [1.165, 1.54) is 0 Å². The van der Waals surface area contributed by atoms with Crippen LogP contribution in [0.2, 0.25) is 0 Å². The fourth-order valence-corrected chi connectivity index (χ4v) is 4.22. The van der Waals surface area contributed by atoms with Crippen LogP contribution in [0.25, 0.3) is 10.9 Å². The van der Waals surface area contributed by atoms with Gasteiger partial charge in [-0.25, -0.2) is 4.39 Å². The van der Waals surface area contributed by atoms with Crippen LogP contribution < -0.4 is 5.43 Å². The van der Waals surface area contributed by atoms with E-state index in [2.05, 4.69) is 10.4 Å². The molecule has 0 spiro atoms. The Morgan fingerprint density at radius 1 is 1.25 bits per heavy atom. The molecule has 1 aliphatic carbocycles. The smallest absolute Gasteiger partial charge is 0.272 e. The topological polar surface area (TPSA) is 99.3 Å². The standard InChI is InChI=1S/C24H30FN3O4/c1-15(2)10-18(12-22(30)20-11-16-6-3-4-8-19(16)26-20)24(32)27-28(23(31)13-25)14-17-7-5-9-21(17)29/h3-4,6,8,11,15,17-18,26H,5,7,9-10,12-14H2,1-2H3,(H,27,32)/t17?,18-/m1/s1. The van der Waals surface area contributed by atoms with Crippen molar-refractivity contribution in [1.29, 1.82) is 0 Å². The van der Waals surface area contributed by atoms with Gasteiger partial charge in [0, 0.05) is 35.6 Å². The SMILES string of the molecule is CC(C)C[C@H](CC(=O)c1cc2ccccc2[nH]1)C(=O)NN(CC1CCCC1=O)C(=O)CF. The Morgan fingerprint density at radius 2 is 2.00 bits per heavy atom. The first kappa shape index (κ1) is 23.6. The summed E-state index contributed by atoms with van der Waals surface area (Å²) in [5.41, 5.74) is 3.75. The Balaban J connectivity index is 1.72. The summed E-state index contributed by atoms with van der Waals surface area (Å²) >= 11 is 0. The summed E-state index contributed by atoms with van der Waals surface area (Å²) < 4.78 is 13.1. The van der Waals surface area contributed by atoms with Crippen molar-refractivity contribution in [2.45, 2.75) is 46.0 Å². The van der Waals surface area contributed by atoms with Gasteiger partial charge in [-0.2, -0.15) is 0 Å². The number of halogens is 1. The molecule has 3 rings (SSSR count). The molecule has 2 amide bonds. The van der Waals surface area contributed by atoms with Crippen molar-refractivity contribution in [3.63, 3.8) is 0 Å². The van der Waals surface area contributed by atoms with Gasteiger partial charge in [-0.15, -0.1) is 0 Å². The van der Waals surface area contributed by atoms with E-state index in [0.717, 1.165) is 22.3 Å². The Morgan fingerprint density at radius 3 is 2.62 bits per heavy atom. The minimum Gasteiger partial charge on any atom is -0.352 e. The largest absolute Gasteiger partial charge is 0.352 e. The molecule has 1 aromatic carbocycles. The zero-order valence-electron chi connectivity index (χ0n) is 18.5. The van der Waals surface area contributed by atoms with E-state index in [1.54, 1.807) is 6.07 Å². The summed E-state index contributed by atoms with van der Waals surface area (Å²) in [6.45, 7) is 2.56. The lowest BCUT2D eigenvalue weighted by atomic mass is 9.91. The maximum absolute atomic E-state index is 13.1. The summed E-state index contributed by atoms with van der Waals surface area (Å²) in [4.78, 5) is 53.1. The van der Waals surface area contributed by atoms with Crippen LogP contribution in [-0.4, -0.2) is 46.6 Å². The molecular weight excluding hydrogens is 413 g/mol. The molecule has 172 valence electrons. The van der Waals surface area contributed by atoms with Crippen LogP contribution in [0.15, 0.2) is 30.3 Å². The Kier molecular flexibility index (Phi) is 7.77. The number of carbonyl (C=O) groups excluding carboxylic acids is 4. The van der Waals surface area contributed by atoms with Gasteiger partial charge in [-0.1, -0.05) is 32.0 Å². The van der Waals surface area contributed by atoms with Gasteiger partial charge in [-0.3, -0.25) is 29.6 Å². The molecule has 1 saturated carbocycles. The number of hydrogen-bond acceptors (Lipinski definition) is 4. The second-order valence-electron chi connectivity index (χ2n) is 8.89. The van der Waals surface area contributed by atoms with Crippen LogP contribution in [0.3, 0.4) is 0 Å². The van der Waals surface area contributed by atoms with E-state index in [0.29, 0.717) is 25.0 Å². The molecule has 2 aromatic rings. The summed E-state index contributed by atoms with van der Waals surface area (Å²) in [6, 6.07) is 9.27. The number of Topliss-reactive ketones (excluding diaryl/α,β-unsaturated/α-hetero) is 2. The van der Waals surface area contributed by atoms with Crippen molar-refractivity contribution in [3.8, 4) is 0 Å². The molecule has 2 atom stereocenters. The number of rotatable bonds is 9. The summed E-state index contributed by atoms with van der Waals surface area (Å²) in [6.07, 6.45) is 2.16. The molecule has 1 aromatic heterocycles. The zero-order valence-corrected chi connectivity index (χ0v) is 18.5. The first-order valence-electron chi connectivity index (χ1n) is 11.1. The monoisotopic (exact) mass is 443 g/mol. The highest BCUT2D eigenvalue weighted by molar-refractivity contribution is 6.01. The van der Waals surface area contributed by atoms with E-state index in [1.807, 2.05) is 38.1 Å². The molecule has 8 heteroatoms. The number of H-pyrrole nitrogens is 1. The number of aromatic amines is 1. The molecule has 1 heterocycles. The van der Waals surface area contributed by atoms with Crippen LogP contribution in [-0.2, 0) is 14.4 Å². The maximum Gasteiger partial charge on any atom is 0.272 e. The molecule has 0 aliphatic heterocycles. The molecule has 0 saturated heterocycles. The molecular formula is C24H30FN3O4. The Hall–Kier alpha value is -3.03. The van der Waals surface area contributed by atoms with Gasteiger partial charge in [0.15, 0.2) is 12.5 Å². The number of aromatic nitrogens is 1. The normalized spacial score (nSPS) is 17.0. The van der Waals surface area contributed by atoms with E-state index >= 15 is 0 Å². The Labute approximate surface area is 186 Å². The number of hydrogen-bond donors (Lipinski definition) is 2. The molecule has 1 unspecified atom stereocenters. The quantitative estimate of drug-likeness (QED) is 0.457. The van der Waals surface area contributed by atoms with Crippen molar-refractivity contribution in [1.82, 2.24) is 15.4 Å². The number of benzene rings is 1. The lowest BCUT2D eigenvalue weighted by Crippen LogP contribution is -2.51. The lowest BCUT2D eigenvalue weighted by molar-refractivity contribution is -0.145. The van der Waals surface area contributed by atoms with Crippen LogP contribution in [0.5, 0.6) is 0 Å². The zero-order chi connectivity index (χ0) is 23.3. The van der Waals surface area contributed by atoms with E-state index in [4.69, 9.17) is 0 Å². The predicted octanol–water partition coefficient (Wildman–Crippen LogP) is 3.60. The first-order valence-corrected chi connectivity index (χ1v) is 11.1. The van der Waals surface area contributed by atoms with Crippen molar-refractivity contribution in [3.05, 3.63) is 36.0 Å². The fraction of sp³-hybridized carbons (Fsp3) is 0.500. The average Bonchev–Trinajstić information content (AvgIpc) is 3.37. The number of nitrogens with zero attached hydrogens (tertiary/aromatic N) is 1. The highest BCUT2D eigenvalue weighted by Crippen LogP contribution is 2.24. The van der Waals surface area contributed by atoms with Crippen LogP contribution >= 0.6 is 0 Å². The molecule has 0 bridgehead atoms. The fourth-order valence-electron chi connectivity index (χ4n) is 4.22. The summed E-state index contributed by atoms with van der Waals surface area (Å²) in [7, 11) is 0. The number of fused-ring (bicyclic) bond motifs is 1. The van der Waals surface area contributed by atoms with Gasteiger partial charge in [0.1, 0.15) is 5.78 Å². The van der Waals surface area contributed by atoms with Gasteiger partial charge in [0.05, 0.1) is 12.2 Å². The maximum atomic E-state index is 13.1. The van der Waals surface area contributed by atoms with Gasteiger partial charge < -0.3 is 4.98 Å². The third kappa shape index (κ3) is 5.81. The van der Waals surface area contributed by atoms with Gasteiger partial charge in [-0.05, 0) is 37.3 Å². The second-order valence-corrected chi connectivity index (χ2v) is 8.89. The summed E-state index contributed by atoms with van der Waals surface area (Å²) in [5.74, 6) is -2.58. The van der Waals surface area contributed by atoms with Gasteiger partial charge >= 0.3 is 0 Å². The molecule has 0 radical (unpaired) electrons. The highest BCUT2D eigenvalue weighted by Gasteiger charge is 2.31. The van der Waals surface area contributed by atoms with Gasteiger partial charge in [0.25, 0.3) is 5.91 Å². The number of ketones is 2. The third-order valence-corrected chi connectivity index (χ3v) is 5.88. The molecule has 2 N–H and O–H groups in total. The second kappa shape index (κ2) is 10.5. The minimum atomic E-state index is -1.27. The molecule has 1 fully saturated rings. The van der Waals surface area contributed by atoms with Crippen LogP contribution in [0.4, 0.5) is 4.39 Å². The lowest BCUT2D eigenvalue weighted by Gasteiger charge is -2.27. The van der Waals surface area contributed by atoms with E-state index in [9.17, 15) is 23.6 Å².